The number of carbonyl (C=O) groups is 3. The van der Waals surface area contributed by atoms with Crippen LogP contribution in [-0.4, -0.2) is 35.2 Å². The molecule has 3 rings (SSSR count). The number of halogens is 1. The summed E-state index contributed by atoms with van der Waals surface area (Å²) in [6.07, 6.45) is 0. The molecular formula is C22H22FN5O4S. The minimum absolute atomic E-state index is 0.0159. The largest absolute Gasteiger partial charge is 0.497 e. The van der Waals surface area contributed by atoms with Crippen molar-refractivity contribution < 1.29 is 23.5 Å². The van der Waals surface area contributed by atoms with Gasteiger partial charge < -0.3 is 21.5 Å². The van der Waals surface area contributed by atoms with Gasteiger partial charge in [-0.1, -0.05) is 12.1 Å². The van der Waals surface area contributed by atoms with Crippen LogP contribution in [0.25, 0.3) is 0 Å². The van der Waals surface area contributed by atoms with Gasteiger partial charge in [-0.15, -0.1) is 0 Å². The van der Waals surface area contributed by atoms with Crippen LogP contribution in [0.2, 0.25) is 0 Å². The smallest absolute Gasteiger partial charge is 0.272 e. The third kappa shape index (κ3) is 5.26. The van der Waals surface area contributed by atoms with Crippen molar-refractivity contribution in [1.29, 1.82) is 0 Å². The van der Waals surface area contributed by atoms with Crippen molar-refractivity contribution in [1.82, 2.24) is 9.69 Å². The van der Waals surface area contributed by atoms with E-state index in [0.29, 0.717) is 17.0 Å². The van der Waals surface area contributed by atoms with Gasteiger partial charge in [0, 0.05) is 12.2 Å². The molecule has 3 aromatic rings. The first-order chi connectivity index (χ1) is 15.7. The molecule has 33 heavy (non-hydrogen) atoms. The van der Waals surface area contributed by atoms with Gasteiger partial charge in [-0.2, -0.15) is 4.37 Å². The molecule has 0 saturated carbocycles. The average molecular weight is 472 g/mol. The monoisotopic (exact) mass is 471 g/mol. The third-order valence-corrected chi connectivity index (χ3v) is 5.72. The van der Waals surface area contributed by atoms with E-state index < -0.39 is 23.8 Å². The molecule has 0 saturated heterocycles. The molecule has 0 bridgehead atoms. The molecule has 9 nitrogen and oxygen atoms in total. The zero-order valence-electron chi connectivity index (χ0n) is 17.9. The van der Waals surface area contributed by atoms with Gasteiger partial charge in [0.2, 0.25) is 5.91 Å². The maximum absolute atomic E-state index is 13.4. The molecule has 0 aliphatic heterocycles. The van der Waals surface area contributed by atoms with E-state index in [1.165, 1.54) is 24.1 Å². The van der Waals surface area contributed by atoms with Crippen molar-refractivity contribution >= 4 is 40.6 Å². The van der Waals surface area contributed by atoms with Crippen molar-refractivity contribution in [3.8, 4) is 5.75 Å². The normalized spacial score (nSPS) is 11.5. The molecule has 1 heterocycles. The Morgan fingerprint density at radius 3 is 2.33 bits per heavy atom. The number of benzene rings is 2. The van der Waals surface area contributed by atoms with Crippen molar-refractivity contribution in [3.63, 3.8) is 0 Å². The Bertz CT molecular complexity index is 1160. The van der Waals surface area contributed by atoms with Crippen LogP contribution in [0.5, 0.6) is 5.75 Å². The number of primary amides is 1. The van der Waals surface area contributed by atoms with E-state index in [2.05, 4.69) is 9.69 Å². The summed E-state index contributed by atoms with van der Waals surface area (Å²) in [5, 5.41) is 2.74. The second-order valence-electron chi connectivity index (χ2n) is 7.03. The van der Waals surface area contributed by atoms with Crippen LogP contribution in [0.15, 0.2) is 48.5 Å². The number of methoxy groups -OCH3 is 1. The number of nitrogens with zero attached hydrogens (tertiary/aromatic N) is 2. The zero-order chi connectivity index (χ0) is 24.1. The van der Waals surface area contributed by atoms with E-state index >= 15 is 0 Å². The van der Waals surface area contributed by atoms with E-state index in [1.807, 2.05) is 0 Å². The summed E-state index contributed by atoms with van der Waals surface area (Å²) >= 11 is 0.725. The predicted octanol–water partition coefficient (Wildman–Crippen LogP) is 2.32. The first-order valence-electron chi connectivity index (χ1n) is 9.77. The molecule has 0 unspecified atom stereocenters. The maximum Gasteiger partial charge on any atom is 0.272 e. The van der Waals surface area contributed by atoms with E-state index in [9.17, 15) is 18.8 Å². The van der Waals surface area contributed by atoms with Gasteiger partial charge in [-0.25, -0.2) is 4.39 Å². The summed E-state index contributed by atoms with van der Waals surface area (Å²) in [6, 6.07) is 11.2. The Balaban J connectivity index is 1.90. The maximum atomic E-state index is 13.4. The fourth-order valence-electron chi connectivity index (χ4n) is 3.05. The molecule has 0 aliphatic carbocycles. The molecule has 0 spiro atoms. The lowest BCUT2D eigenvalue weighted by molar-refractivity contribution is -0.122. The molecule has 3 amide bonds. The number of carbonyl (C=O) groups excluding carboxylic acids is 3. The molecule has 172 valence electrons. The highest BCUT2D eigenvalue weighted by Gasteiger charge is 2.32. The molecule has 1 atom stereocenters. The number of hydrogen-bond donors (Lipinski definition) is 3. The molecule has 0 radical (unpaired) electrons. The standard InChI is InChI=1S/C22H22FN5O4S/c1-12(21(30)26-11-13-3-5-14(23)6-4-13)28(15-7-9-16(32-2)10-8-15)22(31)19-17(24)18(20(25)29)27-33-19/h3-10,12H,11,24H2,1-2H3,(H2,25,29)(H,26,30)/t12-/m1/s1. The molecule has 5 N–H and O–H groups in total. The lowest BCUT2D eigenvalue weighted by atomic mass is 10.1. The molecular weight excluding hydrogens is 449 g/mol. The van der Waals surface area contributed by atoms with E-state index in [-0.39, 0.29) is 28.6 Å². The van der Waals surface area contributed by atoms with E-state index in [1.54, 1.807) is 43.3 Å². The lowest BCUT2D eigenvalue weighted by Gasteiger charge is -2.28. The van der Waals surface area contributed by atoms with Gasteiger partial charge in [-0.3, -0.25) is 19.3 Å². The minimum Gasteiger partial charge on any atom is -0.497 e. The SMILES string of the molecule is COc1ccc(N(C(=O)c2snc(C(N)=O)c2N)[C@H](C)C(=O)NCc2ccc(F)cc2)cc1. The Hall–Kier alpha value is -3.99. The first-order valence-corrected chi connectivity index (χ1v) is 10.5. The Morgan fingerprint density at radius 1 is 1.15 bits per heavy atom. The number of nitrogen functional groups attached to an aromatic ring is 1. The lowest BCUT2D eigenvalue weighted by Crippen LogP contribution is -2.48. The molecule has 2 aromatic carbocycles. The number of rotatable bonds is 8. The zero-order valence-corrected chi connectivity index (χ0v) is 18.7. The summed E-state index contributed by atoms with van der Waals surface area (Å²) in [7, 11) is 1.51. The fraction of sp³-hybridized carbons (Fsp3) is 0.182. The summed E-state index contributed by atoms with van der Waals surface area (Å²) in [5.41, 5.74) is 11.9. The summed E-state index contributed by atoms with van der Waals surface area (Å²) in [5.74, 6) is -1.75. The van der Waals surface area contributed by atoms with Crippen molar-refractivity contribution in [2.24, 2.45) is 5.73 Å². The number of amides is 3. The Labute approximate surface area is 193 Å². The highest BCUT2D eigenvalue weighted by Crippen LogP contribution is 2.28. The van der Waals surface area contributed by atoms with Crippen molar-refractivity contribution in [2.75, 3.05) is 17.7 Å². The Kier molecular flexibility index (Phi) is 7.23. The van der Waals surface area contributed by atoms with Gasteiger partial charge >= 0.3 is 0 Å². The molecule has 1 aromatic heterocycles. The molecule has 0 aliphatic rings. The second kappa shape index (κ2) is 10.1. The average Bonchev–Trinajstić information content (AvgIpc) is 3.20. The number of nitrogens with two attached hydrogens (primary N) is 2. The first kappa shape index (κ1) is 23.7. The van der Waals surface area contributed by atoms with Crippen LogP contribution in [0, 0.1) is 5.82 Å². The number of ether oxygens (including phenoxy) is 1. The van der Waals surface area contributed by atoms with Crippen LogP contribution >= 0.6 is 11.5 Å². The topological polar surface area (TPSA) is 141 Å². The van der Waals surface area contributed by atoms with Gasteiger partial charge in [0.1, 0.15) is 22.5 Å². The number of anilines is 2. The van der Waals surface area contributed by atoms with Gasteiger partial charge in [0.05, 0.1) is 12.8 Å². The molecule has 0 fully saturated rings. The van der Waals surface area contributed by atoms with Crippen LogP contribution < -0.4 is 26.4 Å². The molecule has 11 heteroatoms. The minimum atomic E-state index is -0.968. The quantitative estimate of drug-likeness (QED) is 0.461. The van der Waals surface area contributed by atoms with Crippen molar-refractivity contribution in [2.45, 2.75) is 19.5 Å². The Morgan fingerprint density at radius 2 is 1.79 bits per heavy atom. The summed E-state index contributed by atoms with van der Waals surface area (Å²) in [6.45, 7) is 1.69. The van der Waals surface area contributed by atoms with Crippen LogP contribution in [0.3, 0.4) is 0 Å². The van der Waals surface area contributed by atoms with Gasteiger partial charge in [0.25, 0.3) is 11.8 Å². The highest BCUT2D eigenvalue weighted by molar-refractivity contribution is 7.09. The summed E-state index contributed by atoms with van der Waals surface area (Å²) < 4.78 is 22.1. The number of aromatic nitrogens is 1. The third-order valence-electron chi connectivity index (χ3n) is 4.87. The van der Waals surface area contributed by atoms with Crippen LogP contribution in [0.4, 0.5) is 15.8 Å². The van der Waals surface area contributed by atoms with E-state index in [0.717, 1.165) is 11.5 Å². The number of nitrogens with one attached hydrogen (secondary N) is 1. The van der Waals surface area contributed by atoms with Crippen LogP contribution in [-0.2, 0) is 11.3 Å². The summed E-state index contributed by atoms with van der Waals surface area (Å²) in [4.78, 5) is 39.1. The fourth-order valence-corrected chi connectivity index (χ4v) is 3.80. The second-order valence-corrected chi connectivity index (χ2v) is 7.81. The van der Waals surface area contributed by atoms with E-state index in [4.69, 9.17) is 16.2 Å². The number of hydrogen-bond acceptors (Lipinski definition) is 7. The van der Waals surface area contributed by atoms with Gasteiger partial charge in [0.15, 0.2) is 5.69 Å². The van der Waals surface area contributed by atoms with Crippen molar-refractivity contribution in [3.05, 3.63) is 70.5 Å². The predicted molar refractivity (Wildman–Crippen MR) is 123 cm³/mol. The van der Waals surface area contributed by atoms with Crippen LogP contribution in [0.1, 0.15) is 32.6 Å². The highest BCUT2D eigenvalue weighted by atomic mass is 32.1. The van der Waals surface area contributed by atoms with Gasteiger partial charge in [-0.05, 0) is 60.4 Å².